The van der Waals surface area contributed by atoms with E-state index in [2.05, 4.69) is 16.6 Å². The maximum absolute atomic E-state index is 10.9. The zero-order chi connectivity index (χ0) is 13.9. The van der Waals surface area contributed by atoms with Gasteiger partial charge in [0.15, 0.2) is 0 Å². The van der Waals surface area contributed by atoms with Crippen LogP contribution in [0.25, 0.3) is 0 Å². The van der Waals surface area contributed by atoms with Crippen LogP contribution in [0, 0.1) is 10.1 Å². The Morgan fingerprint density at radius 1 is 1.05 bits per heavy atom. The molecule has 0 amide bonds. The van der Waals surface area contributed by atoms with Crippen LogP contribution in [0.2, 0.25) is 0 Å². The van der Waals surface area contributed by atoms with Crippen LogP contribution in [-0.4, -0.2) is 10.6 Å². The minimum absolute atomic E-state index is 0.0307. The van der Waals surface area contributed by atoms with E-state index in [1.165, 1.54) is 11.6 Å². The highest BCUT2D eigenvalue weighted by Crippen LogP contribution is 2.25. The lowest BCUT2D eigenvalue weighted by atomic mass is 10.1. The van der Waals surface area contributed by atoms with Gasteiger partial charge in [-0.25, -0.2) is 0 Å². The van der Waals surface area contributed by atoms with Crippen molar-refractivity contribution in [2.75, 3.05) is 5.43 Å². The summed E-state index contributed by atoms with van der Waals surface area (Å²) in [5, 5.41) is 15.3. The Bertz CT molecular complexity index is 695. The molecule has 2 aromatic rings. The van der Waals surface area contributed by atoms with Gasteiger partial charge in [-0.15, -0.1) is 0 Å². The topological polar surface area (TPSA) is 67.5 Å². The van der Waals surface area contributed by atoms with Crippen LogP contribution in [0.5, 0.6) is 0 Å². The number of benzene rings is 2. The van der Waals surface area contributed by atoms with Crippen molar-refractivity contribution >= 4 is 17.1 Å². The van der Waals surface area contributed by atoms with Crippen molar-refractivity contribution in [3.8, 4) is 0 Å². The van der Waals surface area contributed by atoms with Crippen molar-refractivity contribution < 1.29 is 4.92 Å². The predicted octanol–water partition coefficient (Wildman–Crippen LogP) is 3.36. The second kappa shape index (κ2) is 5.13. The van der Waals surface area contributed by atoms with E-state index in [0.717, 1.165) is 24.1 Å². The van der Waals surface area contributed by atoms with Crippen LogP contribution in [0.3, 0.4) is 0 Å². The SMILES string of the molecule is O=[N+]([O-])c1ccccc1NN=C1CCc2ccccc21. The van der Waals surface area contributed by atoms with Gasteiger partial charge in [0.1, 0.15) is 5.69 Å². The third kappa shape index (κ3) is 2.25. The standard InChI is InChI=1S/C15H13N3O2/c19-18(20)15-8-4-3-7-14(15)17-16-13-10-9-11-5-1-2-6-12(11)13/h1-8,17H,9-10H2. The van der Waals surface area contributed by atoms with Crippen LogP contribution in [0.4, 0.5) is 11.4 Å². The molecule has 3 rings (SSSR count). The Kier molecular flexibility index (Phi) is 3.16. The van der Waals surface area contributed by atoms with Gasteiger partial charge in [0.25, 0.3) is 5.69 Å². The van der Waals surface area contributed by atoms with E-state index in [0.29, 0.717) is 5.69 Å². The fraction of sp³-hybridized carbons (Fsp3) is 0.133. The Morgan fingerprint density at radius 2 is 1.80 bits per heavy atom. The lowest BCUT2D eigenvalue weighted by Crippen LogP contribution is -2.01. The Labute approximate surface area is 116 Å². The minimum atomic E-state index is -0.412. The summed E-state index contributed by atoms with van der Waals surface area (Å²) in [5.74, 6) is 0. The van der Waals surface area contributed by atoms with E-state index in [1.807, 2.05) is 18.2 Å². The Balaban J connectivity index is 1.88. The summed E-state index contributed by atoms with van der Waals surface area (Å²) in [6.07, 6.45) is 1.82. The lowest BCUT2D eigenvalue weighted by Gasteiger charge is -2.04. The van der Waals surface area contributed by atoms with Gasteiger partial charge in [-0.3, -0.25) is 15.5 Å². The molecule has 5 heteroatoms. The third-order valence-corrected chi connectivity index (χ3v) is 3.37. The van der Waals surface area contributed by atoms with Crippen molar-refractivity contribution in [1.29, 1.82) is 0 Å². The van der Waals surface area contributed by atoms with Gasteiger partial charge in [0.2, 0.25) is 0 Å². The highest BCUT2D eigenvalue weighted by molar-refractivity contribution is 6.04. The highest BCUT2D eigenvalue weighted by atomic mass is 16.6. The molecule has 0 radical (unpaired) electrons. The zero-order valence-corrected chi connectivity index (χ0v) is 10.7. The molecule has 1 N–H and O–H groups in total. The minimum Gasteiger partial charge on any atom is -0.271 e. The second-order valence-corrected chi connectivity index (χ2v) is 4.60. The van der Waals surface area contributed by atoms with Crippen molar-refractivity contribution in [1.82, 2.24) is 0 Å². The fourth-order valence-electron chi connectivity index (χ4n) is 2.38. The lowest BCUT2D eigenvalue weighted by molar-refractivity contribution is -0.384. The van der Waals surface area contributed by atoms with Gasteiger partial charge >= 0.3 is 0 Å². The van der Waals surface area contributed by atoms with Crippen molar-refractivity contribution in [2.45, 2.75) is 12.8 Å². The van der Waals surface area contributed by atoms with Crippen LogP contribution < -0.4 is 5.43 Å². The summed E-state index contributed by atoms with van der Waals surface area (Å²) in [6, 6.07) is 14.6. The first-order chi connectivity index (χ1) is 9.75. The van der Waals surface area contributed by atoms with Gasteiger partial charge in [-0.05, 0) is 24.5 Å². The van der Waals surface area contributed by atoms with Crippen molar-refractivity contribution in [3.05, 3.63) is 69.8 Å². The monoisotopic (exact) mass is 267 g/mol. The van der Waals surface area contributed by atoms with E-state index >= 15 is 0 Å². The van der Waals surface area contributed by atoms with Crippen LogP contribution in [-0.2, 0) is 6.42 Å². The molecule has 0 spiro atoms. The maximum atomic E-state index is 10.9. The van der Waals surface area contributed by atoms with Crippen molar-refractivity contribution in [3.63, 3.8) is 0 Å². The Morgan fingerprint density at radius 3 is 2.65 bits per heavy atom. The maximum Gasteiger partial charge on any atom is 0.294 e. The summed E-state index contributed by atoms with van der Waals surface area (Å²) in [4.78, 5) is 10.5. The van der Waals surface area contributed by atoms with Crippen LogP contribution in [0.15, 0.2) is 53.6 Å². The van der Waals surface area contributed by atoms with Gasteiger partial charge < -0.3 is 0 Å². The highest BCUT2D eigenvalue weighted by Gasteiger charge is 2.17. The molecular weight excluding hydrogens is 254 g/mol. The molecule has 5 nitrogen and oxygen atoms in total. The molecule has 0 saturated heterocycles. The van der Waals surface area contributed by atoms with Gasteiger partial charge in [0.05, 0.1) is 10.6 Å². The molecular formula is C15H13N3O2. The van der Waals surface area contributed by atoms with Gasteiger partial charge in [-0.2, -0.15) is 5.10 Å². The summed E-state index contributed by atoms with van der Waals surface area (Å²) in [6.45, 7) is 0. The van der Waals surface area contributed by atoms with Crippen LogP contribution >= 0.6 is 0 Å². The first-order valence-electron chi connectivity index (χ1n) is 6.40. The number of rotatable bonds is 3. The molecule has 0 fully saturated rings. The number of hydrogen-bond acceptors (Lipinski definition) is 4. The zero-order valence-electron chi connectivity index (χ0n) is 10.7. The van der Waals surface area contributed by atoms with E-state index in [4.69, 9.17) is 0 Å². The summed E-state index contributed by atoms with van der Waals surface area (Å²) >= 11 is 0. The molecule has 0 atom stereocenters. The molecule has 1 aliphatic carbocycles. The number of aryl methyl sites for hydroxylation is 1. The van der Waals surface area contributed by atoms with E-state index in [1.54, 1.807) is 18.2 Å². The third-order valence-electron chi connectivity index (χ3n) is 3.37. The molecule has 0 aliphatic heterocycles. The number of anilines is 1. The number of nitrogens with zero attached hydrogens (tertiary/aromatic N) is 2. The molecule has 0 bridgehead atoms. The predicted molar refractivity (Wildman–Crippen MR) is 78.0 cm³/mol. The summed E-state index contributed by atoms with van der Waals surface area (Å²) in [5.41, 5.74) is 6.61. The first kappa shape index (κ1) is 12.3. The van der Waals surface area contributed by atoms with Crippen LogP contribution in [0.1, 0.15) is 17.5 Å². The molecule has 0 saturated carbocycles. The molecule has 20 heavy (non-hydrogen) atoms. The molecule has 0 unspecified atom stereocenters. The summed E-state index contributed by atoms with van der Waals surface area (Å²) < 4.78 is 0. The largest absolute Gasteiger partial charge is 0.294 e. The number of nitrogens with one attached hydrogen (secondary N) is 1. The first-order valence-corrected chi connectivity index (χ1v) is 6.40. The van der Waals surface area contributed by atoms with E-state index in [-0.39, 0.29) is 5.69 Å². The average Bonchev–Trinajstić information content (AvgIpc) is 2.88. The normalized spacial score (nSPS) is 15.1. The molecule has 2 aromatic carbocycles. The fourth-order valence-corrected chi connectivity index (χ4v) is 2.38. The van der Waals surface area contributed by atoms with Crippen molar-refractivity contribution in [2.24, 2.45) is 5.10 Å². The number of fused-ring (bicyclic) bond motifs is 1. The quantitative estimate of drug-likeness (QED) is 0.685. The van der Waals surface area contributed by atoms with Gasteiger partial charge in [-0.1, -0.05) is 36.4 Å². The molecule has 0 heterocycles. The van der Waals surface area contributed by atoms with E-state index in [9.17, 15) is 10.1 Å². The molecule has 0 aromatic heterocycles. The molecule has 100 valence electrons. The number of nitro benzene ring substituents is 1. The average molecular weight is 267 g/mol. The number of hydrazone groups is 1. The number of nitro groups is 1. The number of hydrogen-bond donors (Lipinski definition) is 1. The smallest absolute Gasteiger partial charge is 0.271 e. The second-order valence-electron chi connectivity index (χ2n) is 4.60. The van der Waals surface area contributed by atoms with Gasteiger partial charge in [0, 0.05) is 11.6 Å². The number of para-hydroxylation sites is 2. The summed E-state index contributed by atoms with van der Waals surface area (Å²) in [7, 11) is 0. The Hall–Kier alpha value is -2.69. The molecule has 1 aliphatic rings. The van der Waals surface area contributed by atoms with E-state index < -0.39 is 4.92 Å².